The van der Waals surface area contributed by atoms with Gasteiger partial charge in [-0.2, -0.15) is 0 Å². The number of ether oxygens (including phenoxy) is 1. The van der Waals surface area contributed by atoms with Crippen molar-refractivity contribution in [3.8, 4) is 11.5 Å². The van der Waals surface area contributed by atoms with Gasteiger partial charge in [0.05, 0.1) is 23.9 Å². The predicted molar refractivity (Wildman–Crippen MR) is 132 cm³/mol. The number of carbonyl (C=O) groups is 1. The van der Waals surface area contributed by atoms with Crippen LogP contribution in [0.5, 0.6) is 11.5 Å². The third kappa shape index (κ3) is 4.11. The minimum absolute atomic E-state index is 0.0634. The van der Waals surface area contributed by atoms with Crippen LogP contribution in [0.15, 0.2) is 46.0 Å². The first-order chi connectivity index (χ1) is 16.0. The summed E-state index contributed by atoms with van der Waals surface area (Å²) in [5, 5.41) is 16.8. The third-order valence-corrected chi connectivity index (χ3v) is 6.04. The number of benzene rings is 2. The molecule has 0 saturated carbocycles. The number of amides is 1. The Bertz CT molecular complexity index is 1330. The number of nitrogens with one attached hydrogen (secondary N) is 2. The van der Waals surface area contributed by atoms with E-state index in [9.17, 15) is 19.5 Å². The topological polar surface area (TPSA) is 108 Å². The molecule has 4 rings (SSSR count). The molecule has 8 heteroatoms. The van der Waals surface area contributed by atoms with Gasteiger partial charge in [-0.15, -0.1) is 0 Å². The van der Waals surface area contributed by atoms with Crippen molar-refractivity contribution < 1.29 is 14.6 Å². The van der Waals surface area contributed by atoms with E-state index in [1.54, 1.807) is 26.2 Å². The number of nitrogens with zero attached hydrogens (tertiary/aromatic N) is 1. The number of rotatable bonds is 6. The number of carbonyl (C=O) groups excluding carboxylic acids is 1. The van der Waals surface area contributed by atoms with Gasteiger partial charge >= 0.3 is 0 Å². The van der Waals surface area contributed by atoms with Crippen LogP contribution in [0.2, 0.25) is 0 Å². The molecule has 1 unspecified atom stereocenters. The zero-order valence-electron chi connectivity index (χ0n) is 20.0. The van der Waals surface area contributed by atoms with Crippen LogP contribution in [0.25, 0.3) is 0 Å². The van der Waals surface area contributed by atoms with E-state index in [4.69, 9.17) is 4.74 Å². The summed E-state index contributed by atoms with van der Waals surface area (Å²) in [5.74, 6) is 0.208. The van der Waals surface area contributed by atoms with Crippen LogP contribution < -0.4 is 26.2 Å². The summed E-state index contributed by atoms with van der Waals surface area (Å²) in [5.41, 5.74) is 0.994. The van der Waals surface area contributed by atoms with Crippen molar-refractivity contribution in [1.82, 2.24) is 4.90 Å². The molecule has 3 aromatic rings. The van der Waals surface area contributed by atoms with Crippen LogP contribution in [0.3, 0.4) is 0 Å². The SMILES string of the molecule is CN(C)C(=O)c1cccc(Nc2c(NC(c3ccc4c(c3)CCO4)C(C)(C)C)c(=O)c2=O)c1O. The van der Waals surface area contributed by atoms with E-state index in [1.807, 2.05) is 12.1 Å². The normalized spacial score (nSPS) is 13.8. The molecule has 34 heavy (non-hydrogen) atoms. The Morgan fingerprint density at radius 1 is 1.09 bits per heavy atom. The molecular weight excluding hydrogens is 434 g/mol. The lowest BCUT2D eigenvalue weighted by Crippen LogP contribution is -2.39. The molecule has 3 aromatic carbocycles. The molecule has 1 atom stereocenters. The summed E-state index contributed by atoms with van der Waals surface area (Å²) in [6.45, 7) is 6.80. The highest BCUT2D eigenvalue weighted by molar-refractivity contribution is 5.99. The molecule has 178 valence electrons. The summed E-state index contributed by atoms with van der Waals surface area (Å²) in [7, 11) is 3.16. The molecule has 0 aliphatic carbocycles. The largest absolute Gasteiger partial charge is 0.505 e. The van der Waals surface area contributed by atoms with Crippen LogP contribution in [-0.4, -0.2) is 36.6 Å². The molecule has 8 nitrogen and oxygen atoms in total. The molecule has 1 aliphatic rings. The second-order valence-electron chi connectivity index (χ2n) is 9.84. The Kier molecular flexibility index (Phi) is 5.85. The maximum Gasteiger partial charge on any atom is 0.257 e. The highest BCUT2D eigenvalue weighted by Gasteiger charge is 2.32. The summed E-state index contributed by atoms with van der Waals surface area (Å²) < 4.78 is 5.61. The zero-order valence-corrected chi connectivity index (χ0v) is 20.0. The molecule has 1 amide bonds. The fourth-order valence-corrected chi connectivity index (χ4v) is 4.17. The minimum atomic E-state index is -0.679. The Balaban J connectivity index is 1.67. The monoisotopic (exact) mass is 463 g/mol. The minimum Gasteiger partial charge on any atom is -0.505 e. The lowest BCUT2D eigenvalue weighted by Gasteiger charge is -2.34. The Morgan fingerprint density at radius 2 is 1.79 bits per heavy atom. The number of fused-ring (bicyclic) bond motifs is 1. The number of phenols is 1. The molecular formula is C26H29N3O5. The quantitative estimate of drug-likeness (QED) is 0.379. The molecule has 0 radical (unpaired) electrons. The molecule has 0 spiro atoms. The van der Waals surface area contributed by atoms with Crippen molar-refractivity contribution in [2.24, 2.45) is 5.41 Å². The lowest BCUT2D eigenvalue weighted by molar-refractivity contribution is 0.0824. The van der Waals surface area contributed by atoms with Gasteiger partial charge in [0.25, 0.3) is 16.8 Å². The van der Waals surface area contributed by atoms with E-state index >= 15 is 0 Å². The summed E-state index contributed by atoms with van der Waals surface area (Å²) in [4.78, 5) is 38.7. The second kappa shape index (κ2) is 8.52. The third-order valence-electron chi connectivity index (χ3n) is 6.04. The average Bonchev–Trinajstić information content (AvgIpc) is 3.25. The zero-order chi connectivity index (χ0) is 24.8. The maximum absolute atomic E-state index is 12.5. The van der Waals surface area contributed by atoms with Crippen LogP contribution in [-0.2, 0) is 6.42 Å². The fourth-order valence-electron chi connectivity index (χ4n) is 4.17. The standard InChI is InChI=1S/C26H29N3O5/c1-26(2,3)24(15-9-10-18-14(13-15)11-12-34-18)28-20-19(22(31)23(20)32)27-17-8-6-7-16(21(17)30)25(33)29(4)5/h6-10,13,24,27-28,30H,11-12H2,1-5H3. The van der Waals surface area contributed by atoms with E-state index in [-0.39, 0.29) is 45.7 Å². The van der Waals surface area contributed by atoms with Crippen molar-refractivity contribution in [3.05, 3.63) is 73.5 Å². The number of para-hydroxylation sites is 1. The fraction of sp³-hybridized carbons (Fsp3) is 0.346. The van der Waals surface area contributed by atoms with Gasteiger partial charge in [0.1, 0.15) is 17.1 Å². The predicted octanol–water partition coefficient (Wildman–Crippen LogP) is 3.57. The summed E-state index contributed by atoms with van der Waals surface area (Å²) >= 11 is 0. The highest BCUT2D eigenvalue weighted by atomic mass is 16.5. The molecule has 0 saturated heterocycles. The molecule has 0 fully saturated rings. The molecule has 0 bridgehead atoms. The number of hydrogen-bond donors (Lipinski definition) is 3. The first-order valence-electron chi connectivity index (χ1n) is 11.1. The number of hydrogen-bond acceptors (Lipinski definition) is 7. The summed E-state index contributed by atoms with van der Waals surface area (Å²) in [6.07, 6.45) is 0.828. The van der Waals surface area contributed by atoms with Gasteiger partial charge in [0.2, 0.25) is 0 Å². The number of anilines is 3. The van der Waals surface area contributed by atoms with E-state index in [2.05, 4.69) is 37.5 Å². The van der Waals surface area contributed by atoms with E-state index < -0.39 is 10.9 Å². The molecule has 1 heterocycles. The van der Waals surface area contributed by atoms with Crippen molar-refractivity contribution in [1.29, 1.82) is 0 Å². The van der Waals surface area contributed by atoms with Gasteiger partial charge in [-0.1, -0.05) is 32.9 Å². The lowest BCUT2D eigenvalue weighted by atomic mass is 9.81. The van der Waals surface area contributed by atoms with Crippen molar-refractivity contribution in [3.63, 3.8) is 0 Å². The van der Waals surface area contributed by atoms with Crippen molar-refractivity contribution in [2.45, 2.75) is 33.2 Å². The van der Waals surface area contributed by atoms with Crippen LogP contribution >= 0.6 is 0 Å². The molecule has 1 aliphatic heterocycles. The average molecular weight is 464 g/mol. The van der Waals surface area contributed by atoms with Gasteiger partial charge in [-0.05, 0) is 40.8 Å². The van der Waals surface area contributed by atoms with Crippen LogP contribution in [0.4, 0.5) is 17.1 Å². The van der Waals surface area contributed by atoms with Crippen LogP contribution in [0, 0.1) is 5.41 Å². The van der Waals surface area contributed by atoms with Gasteiger partial charge < -0.3 is 25.4 Å². The van der Waals surface area contributed by atoms with Gasteiger partial charge in [0, 0.05) is 20.5 Å². The first-order valence-corrected chi connectivity index (χ1v) is 11.1. The van der Waals surface area contributed by atoms with E-state index in [0.717, 1.165) is 23.3 Å². The smallest absolute Gasteiger partial charge is 0.257 e. The highest BCUT2D eigenvalue weighted by Crippen LogP contribution is 2.40. The van der Waals surface area contributed by atoms with Crippen LogP contribution in [0.1, 0.15) is 48.3 Å². The Hall–Kier alpha value is -3.81. The molecule has 3 N–H and O–H groups in total. The number of phenolic OH excluding ortho intramolecular Hbond substituents is 1. The van der Waals surface area contributed by atoms with Gasteiger partial charge in [-0.3, -0.25) is 14.4 Å². The van der Waals surface area contributed by atoms with Crippen molar-refractivity contribution >= 4 is 23.0 Å². The summed E-state index contributed by atoms with van der Waals surface area (Å²) in [6, 6.07) is 10.4. The van der Waals surface area contributed by atoms with E-state index in [0.29, 0.717) is 6.61 Å². The van der Waals surface area contributed by atoms with Gasteiger partial charge in [-0.25, -0.2) is 0 Å². The molecule has 0 aromatic heterocycles. The van der Waals surface area contributed by atoms with E-state index in [1.165, 1.54) is 11.0 Å². The second-order valence-corrected chi connectivity index (χ2v) is 9.84. The maximum atomic E-state index is 12.5. The Morgan fingerprint density at radius 3 is 2.47 bits per heavy atom. The van der Waals surface area contributed by atoms with Crippen molar-refractivity contribution in [2.75, 3.05) is 31.3 Å². The first kappa shape index (κ1) is 23.4. The number of aromatic hydroxyl groups is 1. The Labute approximate surface area is 197 Å². The van der Waals surface area contributed by atoms with Gasteiger partial charge in [0.15, 0.2) is 5.75 Å².